The first kappa shape index (κ1) is 16.8. The van der Waals surface area contributed by atoms with Crippen LogP contribution < -0.4 is 5.32 Å². The van der Waals surface area contributed by atoms with Gasteiger partial charge in [0.1, 0.15) is 6.04 Å². The van der Waals surface area contributed by atoms with Gasteiger partial charge in [-0.1, -0.05) is 57.0 Å². The summed E-state index contributed by atoms with van der Waals surface area (Å²) in [4.78, 5) is 24.1. The maximum Gasteiger partial charge on any atom is 0.408 e. The molecule has 1 atom stereocenters. The van der Waals surface area contributed by atoms with Crippen molar-refractivity contribution in [3.8, 4) is 12.3 Å². The minimum absolute atomic E-state index is 0.0636. The molecular weight excluding hydrogens is 266 g/mol. The lowest BCUT2D eigenvalue weighted by Crippen LogP contribution is -2.35. The van der Waals surface area contributed by atoms with Gasteiger partial charge in [-0.3, -0.25) is 4.79 Å². The first-order chi connectivity index (χ1) is 9.83. The Balaban J connectivity index is 2.88. The van der Waals surface area contributed by atoms with Gasteiger partial charge in [-0.15, -0.1) is 6.42 Å². The van der Waals surface area contributed by atoms with Crippen molar-refractivity contribution in [3.63, 3.8) is 0 Å². The minimum atomic E-state index is -0.726. The number of benzene rings is 1. The van der Waals surface area contributed by atoms with Gasteiger partial charge in [-0.05, 0) is 11.0 Å². The SMILES string of the molecule is C#CCOC(=O)N[C@@H](C(=O)CC(C)(C)C)c1ccccc1. The molecule has 1 aromatic rings. The highest BCUT2D eigenvalue weighted by Gasteiger charge is 2.27. The second-order valence-corrected chi connectivity index (χ2v) is 5.97. The van der Waals surface area contributed by atoms with Gasteiger partial charge >= 0.3 is 6.09 Å². The zero-order valence-electron chi connectivity index (χ0n) is 12.7. The maximum absolute atomic E-state index is 12.5. The molecule has 1 N–H and O–H groups in total. The number of carbonyl (C=O) groups excluding carboxylic acids is 2. The quantitative estimate of drug-likeness (QED) is 0.847. The molecule has 1 aromatic carbocycles. The van der Waals surface area contributed by atoms with Crippen molar-refractivity contribution in [3.05, 3.63) is 35.9 Å². The number of ketones is 1. The average molecular weight is 287 g/mol. The fourth-order valence-electron chi connectivity index (χ4n) is 1.89. The van der Waals surface area contributed by atoms with Gasteiger partial charge in [0.05, 0.1) is 0 Å². The molecule has 0 saturated heterocycles. The lowest BCUT2D eigenvalue weighted by Gasteiger charge is -2.23. The van der Waals surface area contributed by atoms with E-state index in [0.29, 0.717) is 6.42 Å². The summed E-state index contributed by atoms with van der Waals surface area (Å²) in [5.74, 6) is 2.15. The summed E-state index contributed by atoms with van der Waals surface area (Å²) in [5, 5.41) is 2.58. The van der Waals surface area contributed by atoms with Crippen molar-refractivity contribution >= 4 is 11.9 Å². The predicted molar refractivity (Wildman–Crippen MR) is 81.6 cm³/mol. The van der Waals surface area contributed by atoms with Crippen LogP contribution in [-0.4, -0.2) is 18.5 Å². The van der Waals surface area contributed by atoms with E-state index in [1.807, 2.05) is 39.0 Å². The van der Waals surface area contributed by atoms with Crippen LogP contribution in [0.3, 0.4) is 0 Å². The van der Waals surface area contributed by atoms with Crippen molar-refractivity contribution in [2.45, 2.75) is 33.2 Å². The molecule has 1 amide bonds. The van der Waals surface area contributed by atoms with Crippen LogP contribution in [0.1, 0.15) is 38.8 Å². The number of terminal acetylenes is 1. The Hall–Kier alpha value is -2.28. The second-order valence-electron chi connectivity index (χ2n) is 5.97. The Morgan fingerprint density at radius 1 is 1.29 bits per heavy atom. The highest BCUT2D eigenvalue weighted by Crippen LogP contribution is 2.24. The summed E-state index contributed by atoms with van der Waals surface area (Å²) in [5.41, 5.74) is 0.568. The Labute approximate surface area is 125 Å². The van der Waals surface area contributed by atoms with Gasteiger partial charge in [0.2, 0.25) is 0 Å². The summed E-state index contributed by atoms with van der Waals surface area (Å²) in [6.45, 7) is 5.80. The Kier molecular flexibility index (Phi) is 5.98. The molecule has 0 aromatic heterocycles. The number of amides is 1. The van der Waals surface area contributed by atoms with Gasteiger partial charge in [0, 0.05) is 6.42 Å². The molecule has 0 aliphatic rings. The van der Waals surface area contributed by atoms with Gasteiger partial charge in [0.25, 0.3) is 0 Å². The lowest BCUT2D eigenvalue weighted by molar-refractivity contribution is -0.122. The third kappa shape index (κ3) is 6.13. The molecule has 0 aliphatic heterocycles. The number of nitrogens with one attached hydrogen (secondary N) is 1. The lowest BCUT2D eigenvalue weighted by atomic mass is 9.86. The van der Waals surface area contributed by atoms with Gasteiger partial charge < -0.3 is 10.1 Å². The molecule has 0 spiro atoms. The normalized spacial score (nSPS) is 12.1. The van der Waals surface area contributed by atoms with E-state index in [1.54, 1.807) is 12.1 Å². The molecule has 0 saturated carbocycles. The molecule has 0 bridgehead atoms. The van der Waals surface area contributed by atoms with Gasteiger partial charge in [0.15, 0.2) is 12.4 Å². The number of ether oxygens (including phenoxy) is 1. The monoisotopic (exact) mass is 287 g/mol. The van der Waals surface area contributed by atoms with Crippen LogP contribution in [-0.2, 0) is 9.53 Å². The van der Waals surface area contributed by atoms with Crippen LogP contribution in [0.5, 0.6) is 0 Å². The number of hydrogen-bond acceptors (Lipinski definition) is 3. The second kappa shape index (κ2) is 7.49. The predicted octanol–water partition coefficient (Wildman–Crippen LogP) is 3.09. The number of carbonyl (C=O) groups is 2. The zero-order chi connectivity index (χ0) is 15.9. The largest absolute Gasteiger partial charge is 0.436 e. The van der Waals surface area contributed by atoms with Crippen molar-refractivity contribution in [2.75, 3.05) is 6.61 Å². The summed E-state index contributed by atoms with van der Waals surface area (Å²) in [6, 6.07) is 8.36. The standard InChI is InChI=1S/C17H21NO3/c1-5-11-21-16(20)18-15(13-9-7-6-8-10-13)14(19)12-17(2,3)4/h1,6-10,15H,11-12H2,2-4H3,(H,18,20)/t15-/m1/s1. The maximum atomic E-state index is 12.5. The van der Waals surface area contributed by atoms with Crippen LogP contribution >= 0.6 is 0 Å². The van der Waals surface area contributed by atoms with Crippen LogP contribution in [0.15, 0.2) is 30.3 Å². The smallest absolute Gasteiger partial charge is 0.408 e. The van der Waals surface area contributed by atoms with E-state index in [1.165, 1.54) is 0 Å². The molecule has 21 heavy (non-hydrogen) atoms. The van der Waals surface area contributed by atoms with Gasteiger partial charge in [-0.2, -0.15) is 0 Å². The van der Waals surface area contributed by atoms with Crippen molar-refractivity contribution in [1.82, 2.24) is 5.32 Å². The Morgan fingerprint density at radius 3 is 2.43 bits per heavy atom. The van der Waals surface area contributed by atoms with E-state index in [9.17, 15) is 9.59 Å². The van der Waals surface area contributed by atoms with Crippen molar-refractivity contribution in [2.24, 2.45) is 5.41 Å². The highest BCUT2D eigenvalue weighted by molar-refractivity contribution is 5.89. The van der Waals surface area contributed by atoms with Crippen molar-refractivity contribution < 1.29 is 14.3 Å². The highest BCUT2D eigenvalue weighted by atomic mass is 16.5. The van der Waals surface area contributed by atoms with Crippen LogP contribution in [0.4, 0.5) is 4.79 Å². The third-order valence-electron chi connectivity index (χ3n) is 2.71. The molecule has 0 fully saturated rings. The summed E-state index contributed by atoms with van der Waals surface area (Å²) in [7, 11) is 0. The molecule has 4 nitrogen and oxygen atoms in total. The molecule has 4 heteroatoms. The Bertz CT molecular complexity index is 523. The number of hydrogen-bond donors (Lipinski definition) is 1. The molecule has 0 unspecified atom stereocenters. The van der Waals surface area contributed by atoms with Crippen molar-refractivity contribution in [1.29, 1.82) is 0 Å². The molecule has 0 heterocycles. The van der Waals surface area contributed by atoms with E-state index in [-0.39, 0.29) is 17.8 Å². The number of alkyl carbamates (subject to hydrolysis) is 1. The van der Waals surface area contributed by atoms with E-state index < -0.39 is 12.1 Å². The summed E-state index contributed by atoms with van der Waals surface area (Å²) < 4.78 is 4.79. The topological polar surface area (TPSA) is 55.4 Å². The van der Waals surface area contributed by atoms with E-state index in [2.05, 4.69) is 11.2 Å². The summed E-state index contributed by atoms with van der Waals surface area (Å²) in [6.07, 6.45) is 4.70. The van der Waals surface area contributed by atoms with E-state index in [0.717, 1.165) is 5.56 Å². The van der Waals surface area contributed by atoms with Gasteiger partial charge in [-0.25, -0.2) is 4.79 Å². The first-order valence-electron chi connectivity index (χ1n) is 6.78. The van der Waals surface area contributed by atoms with E-state index in [4.69, 9.17) is 11.2 Å². The molecular formula is C17H21NO3. The number of Topliss-reactive ketones (excluding diaryl/α,β-unsaturated/α-hetero) is 1. The minimum Gasteiger partial charge on any atom is -0.436 e. The molecule has 1 rings (SSSR count). The molecule has 0 radical (unpaired) electrons. The summed E-state index contributed by atoms with van der Waals surface area (Å²) >= 11 is 0. The fourth-order valence-corrected chi connectivity index (χ4v) is 1.89. The first-order valence-corrected chi connectivity index (χ1v) is 6.78. The third-order valence-corrected chi connectivity index (χ3v) is 2.71. The Morgan fingerprint density at radius 2 is 1.90 bits per heavy atom. The van der Waals surface area contributed by atoms with Crippen LogP contribution in [0.2, 0.25) is 0 Å². The zero-order valence-corrected chi connectivity index (χ0v) is 12.7. The van der Waals surface area contributed by atoms with Crippen LogP contribution in [0.25, 0.3) is 0 Å². The number of rotatable bonds is 5. The molecule has 112 valence electrons. The van der Waals surface area contributed by atoms with E-state index >= 15 is 0 Å². The fraction of sp³-hybridized carbons (Fsp3) is 0.412. The average Bonchev–Trinajstić information content (AvgIpc) is 2.41. The van der Waals surface area contributed by atoms with Crippen LogP contribution in [0, 0.1) is 17.8 Å². The molecule has 0 aliphatic carbocycles.